The van der Waals surface area contributed by atoms with Crippen molar-refractivity contribution in [3.63, 3.8) is 0 Å². The molecule has 0 amide bonds. The van der Waals surface area contributed by atoms with Gasteiger partial charge in [-0.2, -0.15) is 0 Å². The van der Waals surface area contributed by atoms with E-state index < -0.39 is 5.97 Å². The summed E-state index contributed by atoms with van der Waals surface area (Å²) in [6.07, 6.45) is 0. The molecule has 0 radical (unpaired) electrons. The van der Waals surface area contributed by atoms with Crippen molar-refractivity contribution in [1.29, 1.82) is 0 Å². The fraction of sp³-hybridized carbons (Fsp3) is 0.143. The van der Waals surface area contributed by atoms with E-state index in [0.717, 1.165) is 5.69 Å². The van der Waals surface area contributed by atoms with Gasteiger partial charge in [-0.05, 0) is 43.3 Å². The molecule has 1 N–H and O–H groups in total. The zero-order valence-electron chi connectivity index (χ0n) is 16.0. The van der Waals surface area contributed by atoms with Gasteiger partial charge >= 0.3 is 5.97 Å². The van der Waals surface area contributed by atoms with E-state index in [1.54, 1.807) is 6.07 Å². The molecule has 0 saturated carbocycles. The molecule has 30 heavy (non-hydrogen) atoms. The average molecular weight is 444 g/mol. The number of nitrogens with one attached hydrogen (secondary N) is 1. The summed E-state index contributed by atoms with van der Waals surface area (Å²) in [6.45, 7) is 1.78. The second kappa shape index (κ2) is 7.93. The summed E-state index contributed by atoms with van der Waals surface area (Å²) in [7, 11) is 1.28. The number of nitrogens with zero attached hydrogens (tertiary/aromatic N) is 2. The van der Waals surface area contributed by atoms with Crippen LogP contribution >= 0.6 is 23.2 Å². The topological polar surface area (TPSA) is 94.2 Å². The number of aromatic nitrogens is 3. The molecule has 2 heterocycles. The number of fused-ring (bicyclic) bond motifs is 2. The smallest absolute Gasteiger partial charge is 0.337 e. The number of pyridine rings is 1. The highest BCUT2D eigenvalue weighted by Crippen LogP contribution is 2.37. The number of carbonyl (C=O) groups is 1. The fourth-order valence-electron chi connectivity index (χ4n) is 3.07. The van der Waals surface area contributed by atoms with Gasteiger partial charge in [-0.25, -0.2) is 14.8 Å². The fourth-order valence-corrected chi connectivity index (χ4v) is 3.64. The third-order valence-electron chi connectivity index (χ3n) is 4.51. The van der Waals surface area contributed by atoms with Crippen LogP contribution < -0.4 is 10.3 Å². The van der Waals surface area contributed by atoms with Crippen LogP contribution in [0.3, 0.4) is 0 Å². The Bertz CT molecular complexity index is 1370. The van der Waals surface area contributed by atoms with Crippen molar-refractivity contribution in [3.8, 4) is 5.75 Å². The molecule has 2 aromatic carbocycles. The second-order valence-electron chi connectivity index (χ2n) is 6.54. The van der Waals surface area contributed by atoms with Crippen LogP contribution in [-0.2, 0) is 11.3 Å². The number of hydrogen-bond acceptors (Lipinski definition) is 6. The Morgan fingerprint density at radius 1 is 1.07 bits per heavy atom. The third kappa shape index (κ3) is 3.69. The zero-order valence-corrected chi connectivity index (χ0v) is 17.5. The molecule has 0 saturated heterocycles. The minimum atomic E-state index is -0.516. The second-order valence-corrected chi connectivity index (χ2v) is 7.36. The van der Waals surface area contributed by atoms with Gasteiger partial charge in [-0.3, -0.25) is 4.79 Å². The Hall–Kier alpha value is -3.16. The molecule has 0 aliphatic carbocycles. The van der Waals surface area contributed by atoms with Crippen LogP contribution in [-0.4, -0.2) is 28.0 Å². The summed E-state index contributed by atoms with van der Waals surface area (Å²) in [5, 5.41) is 1.80. The van der Waals surface area contributed by atoms with Crippen molar-refractivity contribution < 1.29 is 14.3 Å². The van der Waals surface area contributed by atoms with Crippen molar-refractivity contribution in [1.82, 2.24) is 15.0 Å². The van der Waals surface area contributed by atoms with Crippen molar-refractivity contribution in [2.45, 2.75) is 13.5 Å². The lowest BCUT2D eigenvalue weighted by atomic mass is 10.1. The highest BCUT2D eigenvalue weighted by molar-refractivity contribution is 6.39. The van der Waals surface area contributed by atoms with Crippen molar-refractivity contribution in [2.24, 2.45) is 0 Å². The first kappa shape index (κ1) is 20.1. The highest BCUT2D eigenvalue weighted by Gasteiger charge is 2.15. The molecular weight excluding hydrogens is 429 g/mol. The van der Waals surface area contributed by atoms with E-state index in [9.17, 15) is 9.59 Å². The van der Waals surface area contributed by atoms with Crippen LogP contribution in [0.15, 0.2) is 41.2 Å². The van der Waals surface area contributed by atoms with Crippen molar-refractivity contribution >= 4 is 51.0 Å². The Balaban J connectivity index is 1.73. The molecule has 0 spiro atoms. The molecule has 2 aromatic heterocycles. The van der Waals surface area contributed by atoms with Gasteiger partial charge in [0.1, 0.15) is 17.9 Å². The van der Waals surface area contributed by atoms with Crippen LogP contribution in [0.5, 0.6) is 5.75 Å². The summed E-state index contributed by atoms with van der Waals surface area (Å²) < 4.78 is 10.6. The minimum Gasteiger partial charge on any atom is -0.482 e. The summed E-state index contributed by atoms with van der Waals surface area (Å²) in [4.78, 5) is 35.7. The van der Waals surface area contributed by atoms with Crippen LogP contribution in [0, 0.1) is 6.92 Å². The quantitative estimate of drug-likeness (QED) is 0.468. The maximum absolute atomic E-state index is 12.4. The normalized spacial score (nSPS) is 11.1. The number of ether oxygens (including phenoxy) is 2. The molecule has 0 aliphatic rings. The summed E-state index contributed by atoms with van der Waals surface area (Å²) >= 11 is 12.6. The predicted octanol–water partition coefficient (Wildman–Crippen LogP) is 4.45. The van der Waals surface area contributed by atoms with E-state index in [1.165, 1.54) is 25.3 Å². The van der Waals surface area contributed by atoms with Gasteiger partial charge < -0.3 is 14.5 Å². The van der Waals surface area contributed by atoms with Crippen LogP contribution in [0.2, 0.25) is 10.0 Å². The summed E-state index contributed by atoms with van der Waals surface area (Å²) in [6, 6.07) is 9.79. The van der Waals surface area contributed by atoms with Crippen molar-refractivity contribution in [2.75, 3.05) is 7.11 Å². The van der Waals surface area contributed by atoms with Gasteiger partial charge in [-0.15, -0.1) is 0 Å². The molecule has 4 aromatic rings. The maximum Gasteiger partial charge on any atom is 0.337 e. The number of rotatable bonds is 4. The first-order chi connectivity index (χ1) is 14.4. The SMILES string of the molecule is COC(=O)c1ccc2c(=O)[nH]c(COc3c(Cl)cc(Cl)c4ccc(C)nc34)nc2c1. The minimum absolute atomic E-state index is 0.0697. The molecule has 9 heteroatoms. The lowest BCUT2D eigenvalue weighted by Crippen LogP contribution is -2.14. The number of aryl methyl sites for hydroxylation is 1. The van der Waals surface area contributed by atoms with Crippen LogP contribution in [0.1, 0.15) is 21.9 Å². The predicted molar refractivity (Wildman–Crippen MR) is 115 cm³/mol. The Kier molecular flexibility index (Phi) is 5.32. The van der Waals surface area contributed by atoms with E-state index in [2.05, 4.69) is 15.0 Å². The molecule has 4 rings (SSSR count). The van der Waals surface area contributed by atoms with E-state index in [0.29, 0.717) is 43.2 Å². The standard InChI is InChI=1S/C21H15Cl2N3O4/c1-10-3-5-12-14(22)8-15(23)19(18(12)24-10)30-9-17-25-16-7-11(21(28)29-2)4-6-13(16)20(27)26-17/h3-8H,9H2,1-2H3,(H,25,26,27). The number of aromatic amines is 1. The van der Waals surface area contributed by atoms with Crippen LogP contribution in [0.25, 0.3) is 21.8 Å². The average Bonchev–Trinajstić information content (AvgIpc) is 2.72. The Morgan fingerprint density at radius 2 is 1.83 bits per heavy atom. The molecule has 0 unspecified atom stereocenters. The van der Waals surface area contributed by atoms with E-state index in [-0.39, 0.29) is 18.0 Å². The molecule has 152 valence electrons. The largest absolute Gasteiger partial charge is 0.482 e. The summed E-state index contributed by atoms with van der Waals surface area (Å²) in [5.74, 6) is 0.0878. The van der Waals surface area contributed by atoms with Gasteiger partial charge in [0.2, 0.25) is 0 Å². The monoisotopic (exact) mass is 443 g/mol. The first-order valence-electron chi connectivity index (χ1n) is 8.87. The number of carbonyl (C=O) groups excluding carboxylic acids is 1. The van der Waals surface area contributed by atoms with E-state index in [4.69, 9.17) is 32.7 Å². The Labute approximate surface area is 180 Å². The van der Waals surface area contributed by atoms with Gasteiger partial charge in [0, 0.05) is 11.1 Å². The Morgan fingerprint density at radius 3 is 2.60 bits per heavy atom. The summed E-state index contributed by atoms with van der Waals surface area (Å²) in [5.41, 5.74) is 1.58. The van der Waals surface area contributed by atoms with E-state index >= 15 is 0 Å². The van der Waals surface area contributed by atoms with Gasteiger partial charge in [0.05, 0.1) is 33.6 Å². The molecule has 0 bridgehead atoms. The number of hydrogen-bond donors (Lipinski definition) is 1. The lowest BCUT2D eigenvalue weighted by Gasteiger charge is -2.12. The molecular formula is C21H15Cl2N3O4. The number of methoxy groups -OCH3 is 1. The van der Waals surface area contributed by atoms with E-state index in [1.807, 2.05) is 19.1 Å². The van der Waals surface area contributed by atoms with Crippen molar-refractivity contribution in [3.05, 3.63) is 73.9 Å². The number of halogens is 2. The molecule has 0 atom stereocenters. The number of esters is 1. The zero-order chi connectivity index (χ0) is 21.4. The first-order valence-corrected chi connectivity index (χ1v) is 9.62. The third-order valence-corrected chi connectivity index (χ3v) is 5.10. The highest BCUT2D eigenvalue weighted by atomic mass is 35.5. The maximum atomic E-state index is 12.4. The lowest BCUT2D eigenvalue weighted by molar-refractivity contribution is 0.0601. The number of H-pyrrole nitrogens is 1. The van der Waals surface area contributed by atoms with Crippen LogP contribution in [0.4, 0.5) is 0 Å². The van der Waals surface area contributed by atoms with Gasteiger partial charge in [0.15, 0.2) is 5.75 Å². The molecule has 0 fully saturated rings. The van der Waals surface area contributed by atoms with Gasteiger partial charge in [-0.1, -0.05) is 23.2 Å². The number of benzene rings is 2. The molecule has 7 nitrogen and oxygen atoms in total. The molecule has 0 aliphatic heterocycles. The van der Waals surface area contributed by atoms with Gasteiger partial charge in [0.25, 0.3) is 5.56 Å².